The quantitative estimate of drug-likeness (QED) is 0.0413. The summed E-state index contributed by atoms with van der Waals surface area (Å²) >= 11 is 0. The van der Waals surface area contributed by atoms with Crippen molar-refractivity contribution in [3.05, 3.63) is 157 Å². The second kappa shape index (κ2) is 27.6. The van der Waals surface area contributed by atoms with Crippen LogP contribution in [0.5, 0.6) is 0 Å². The average Bonchev–Trinajstić information content (AvgIpc) is 3.35. The molecule has 0 heterocycles. The summed E-state index contributed by atoms with van der Waals surface area (Å²) in [5, 5.41) is 0. The number of benzene rings is 6. The molecule has 0 aliphatic heterocycles. The molecule has 0 fully saturated rings. The zero-order chi connectivity index (χ0) is 44.6. The van der Waals surface area contributed by atoms with Gasteiger partial charge in [-0.25, -0.2) is 0 Å². The van der Waals surface area contributed by atoms with Crippen LogP contribution in [0.3, 0.4) is 0 Å². The van der Waals surface area contributed by atoms with E-state index in [9.17, 15) is 0 Å². The van der Waals surface area contributed by atoms with E-state index in [1.807, 2.05) is 0 Å². The summed E-state index contributed by atoms with van der Waals surface area (Å²) in [5.74, 6) is 1.39. The highest BCUT2D eigenvalue weighted by atomic mass is 14.2. The Hall–Kier alpha value is -4.68. The van der Waals surface area contributed by atoms with Gasteiger partial charge in [0.1, 0.15) is 0 Å². The molecule has 0 aliphatic rings. The van der Waals surface area contributed by atoms with Crippen molar-refractivity contribution >= 4 is 0 Å². The normalized spacial score (nSPS) is 12.4. The summed E-state index contributed by atoms with van der Waals surface area (Å²) in [5.41, 5.74) is 15.8. The SMILES string of the molecule is CCCCCCCCC(CCCCC)c1ccc(-c2ccc(-c3ccc(-c4ccc(-c5ccc(-c6ccc(C(CCCCC)CCCCCCCC)cc6)cc5)cc4)cc3)cc2)cc1. The van der Waals surface area contributed by atoms with Gasteiger partial charge in [-0.2, -0.15) is 0 Å². The predicted octanol–water partition coefficient (Wildman–Crippen LogP) is 20.9. The van der Waals surface area contributed by atoms with E-state index in [1.54, 1.807) is 0 Å². The van der Waals surface area contributed by atoms with Crippen LogP contribution in [0.2, 0.25) is 0 Å². The van der Waals surface area contributed by atoms with Gasteiger partial charge in [-0.15, -0.1) is 0 Å². The lowest BCUT2D eigenvalue weighted by Gasteiger charge is -2.18. The third-order valence-electron chi connectivity index (χ3n) is 14.1. The van der Waals surface area contributed by atoms with Crippen LogP contribution in [-0.4, -0.2) is 0 Å². The van der Waals surface area contributed by atoms with E-state index < -0.39 is 0 Å². The zero-order valence-corrected chi connectivity index (χ0v) is 40.6. The molecule has 2 unspecified atom stereocenters. The van der Waals surface area contributed by atoms with Crippen molar-refractivity contribution in [3.8, 4) is 55.6 Å². The summed E-state index contributed by atoms with van der Waals surface area (Å²) in [6.07, 6.45) is 29.8. The molecule has 2 atom stereocenters. The maximum absolute atomic E-state index is 2.42. The number of unbranched alkanes of at least 4 members (excludes halogenated alkanes) is 14. The molecular formula is C64H82. The smallest absolute Gasteiger partial charge is 0.0162 e. The lowest BCUT2D eigenvalue weighted by Crippen LogP contribution is -2.00. The van der Waals surface area contributed by atoms with Crippen molar-refractivity contribution in [2.75, 3.05) is 0 Å². The first-order valence-corrected chi connectivity index (χ1v) is 26.2. The van der Waals surface area contributed by atoms with Gasteiger partial charge in [0.05, 0.1) is 0 Å². The minimum atomic E-state index is 0.694. The molecule has 0 aromatic heterocycles. The average molecular weight is 851 g/mol. The standard InChI is InChI=1S/C64H82/c1-5-9-13-15-17-21-25-51(23-19-11-7-3)53-27-31-55(32-28-53)57-35-39-59(40-36-57)61-43-47-63(48-44-61)64-49-45-62(46-50-64)60-41-37-58(38-42-60)56-33-29-54(30-34-56)52(24-20-12-8-4)26-22-18-16-14-10-6-2/h27-52H,5-26H2,1-4H3. The molecule has 0 amide bonds. The summed E-state index contributed by atoms with van der Waals surface area (Å²) in [4.78, 5) is 0. The number of hydrogen-bond donors (Lipinski definition) is 0. The minimum Gasteiger partial charge on any atom is -0.0654 e. The van der Waals surface area contributed by atoms with Crippen LogP contribution in [0, 0.1) is 0 Å². The first-order chi connectivity index (χ1) is 31.6. The van der Waals surface area contributed by atoms with Gasteiger partial charge >= 0.3 is 0 Å². The minimum absolute atomic E-state index is 0.694. The zero-order valence-electron chi connectivity index (χ0n) is 40.6. The van der Waals surface area contributed by atoms with Crippen LogP contribution in [0.1, 0.15) is 192 Å². The Morgan fingerprint density at radius 1 is 0.203 bits per heavy atom. The molecule has 6 aromatic rings. The Balaban J connectivity index is 1.02. The van der Waals surface area contributed by atoms with Crippen molar-refractivity contribution in [1.82, 2.24) is 0 Å². The second-order valence-corrected chi connectivity index (χ2v) is 19.1. The molecule has 0 aliphatic carbocycles. The fourth-order valence-electron chi connectivity index (χ4n) is 9.89. The van der Waals surface area contributed by atoms with E-state index in [2.05, 4.69) is 173 Å². The van der Waals surface area contributed by atoms with Crippen LogP contribution in [0.4, 0.5) is 0 Å². The maximum Gasteiger partial charge on any atom is -0.0162 e. The molecule has 6 rings (SSSR count). The van der Waals surface area contributed by atoms with Gasteiger partial charge < -0.3 is 0 Å². The van der Waals surface area contributed by atoms with Gasteiger partial charge in [0.25, 0.3) is 0 Å². The molecule has 338 valence electrons. The third-order valence-corrected chi connectivity index (χ3v) is 14.1. The largest absolute Gasteiger partial charge is 0.0654 e. The molecule has 0 spiro atoms. The topological polar surface area (TPSA) is 0 Å². The van der Waals surface area contributed by atoms with E-state index in [1.165, 1.54) is 208 Å². The van der Waals surface area contributed by atoms with Crippen LogP contribution in [0.15, 0.2) is 146 Å². The van der Waals surface area contributed by atoms with E-state index in [-0.39, 0.29) is 0 Å². The van der Waals surface area contributed by atoms with Crippen molar-refractivity contribution in [3.63, 3.8) is 0 Å². The van der Waals surface area contributed by atoms with E-state index in [4.69, 9.17) is 0 Å². The molecule has 0 N–H and O–H groups in total. The van der Waals surface area contributed by atoms with Gasteiger partial charge in [0.2, 0.25) is 0 Å². The second-order valence-electron chi connectivity index (χ2n) is 19.1. The van der Waals surface area contributed by atoms with Gasteiger partial charge in [0.15, 0.2) is 0 Å². The Morgan fingerprint density at radius 3 is 0.578 bits per heavy atom. The molecule has 0 saturated heterocycles. The van der Waals surface area contributed by atoms with Crippen LogP contribution in [0.25, 0.3) is 55.6 Å². The highest BCUT2D eigenvalue weighted by Gasteiger charge is 2.14. The van der Waals surface area contributed by atoms with E-state index in [0.29, 0.717) is 11.8 Å². The molecular weight excluding hydrogens is 769 g/mol. The molecule has 0 radical (unpaired) electrons. The summed E-state index contributed by atoms with van der Waals surface area (Å²) < 4.78 is 0. The fraction of sp³-hybridized carbons (Fsp3) is 0.438. The monoisotopic (exact) mass is 851 g/mol. The van der Waals surface area contributed by atoms with Crippen LogP contribution in [-0.2, 0) is 0 Å². The lowest BCUT2D eigenvalue weighted by atomic mass is 9.87. The third kappa shape index (κ3) is 15.2. The molecule has 6 aromatic carbocycles. The first-order valence-electron chi connectivity index (χ1n) is 26.2. The Bertz CT molecular complexity index is 1960. The molecule has 0 nitrogen and oxygen atoms in total. The number of hydrogen-bond acceptors (Lipinski definition) is 0. The predicted molar refractivity (Wildman–Crippen MR) is 283 cm³/mol. The van der Waals surface area contributed by atoms with Gasteiger partial charge in [0, 0.05) is 0 Å². The maximum atomic E-state index is 2.42. The Labute approximate surface area is 391 Å². The van der Waals surface area contributed by atoms with Crippen LogP contribution < -0.4 is 0 Å². The van der Waals surface area contributed by atoms with E-state index in [0.717, 1.165) is 0 Å². The highest BCUT2D eigenvalue weighted by molar-refractivity contribution is 5.76. The highest BCUT2D eigenvalue weighted by Crippen LogP contribution is 2.34. The van der Waals surface area contributed by atoms with Gasteiger partial charge in [-0.3, -0.25) is 0 Å². The van der Waals surface area contributed by atoms with Crippen molar-refractivity contribution in [2.45, 2.75) is 181 Å². The van der Waals surface area contributed by atoms with E-state index >= 15 is 0 Å². The number of rotatable bonds is 29. The fourth-order valence-corrected chi connectivity index (χ4v) is 9.89. The molecule has 0 saturated carbocycles. The summed E-state index contributed by atoms with van der Waals surface area (Å²) in [6.45, 7) is 9.24. The van der Waals surface area contributed by atoms with Crippen molar-refractivity contribution in [2.24, 2.45) is 0 Å². The summed E-state index contributed by atoms with van der Waals surface area (Å²) in [6, 6.07) is 55.5. The van der Waals surface area contributed by atoms with Gasteiger partial charge in [-0.05, 0) is 104 Å². The Morgan fingerprint density at radius 2 is 0.359 bits per heavy atom. The molecule has 0 bridgehead atoms. The van der Waals surface area contributed by atoms with Crippen LogP contribution >= 0.6 is 0 Å². The van der Waals surface area contributed by atoms with Crippen molar-refractivity contribution in [1.29, 1.82) is 0 Å². The molecule has 64 heavy (non-hydrogen) atoms. The molecule has 0 heteroatoms. The first kappa shape index (κ1) is 48.8. The van der Waals surface area contributed by atoms with Gasteiger partial charge in [-0.1, -0.05) is 289 Å². The summed E-state index contributed by atoms with van der Waals surface area (Å²) in [7, 11) is 0. The van der Waals surface area contributed by atoms with Crippen molar-refractivity contribution < 1.29 is 0 Å². The lowest BCUT2D eigenvalue weighted by molar-refractivity contribution is 0.495. The Kier molecular flexibility index (Phi) is 21.0.